The van der Waals surface area contributed by atoms with Crippen molar-refractivity contribution in [1.82, 2.24) is 5.32 Å². The molecule has 1 amide bonds. The maximum atomic E-state index is 12.1. The molecule has 0 aliphatic carbocycles. The van der Waals surface area contributed by atoms with Crippen LogP contribution in [-0.2, 0) is 4.74 Å². The van der Waals surface area contributed by atoms with Crippen LogP contribution < -0.4 is 10.1 Å². The maximum absolute atomic E-state index is 12.1. The Morgan fingerprint density at radius 1 is 1.58 bits per heavy atom. The summed E-state index contributed by atoms with van der Waals surface area (Å²) in [7, 11) is 1.59. The van der Waals surface area contributed by atoms with E-state index >= 15 is 0 Å². The predicted molar refractivity (Wildman–Crippen MR) is 76.6 cm³/mol. The van der Waals surface area contributed by atoms with E-state index < -0.39 is 0 Å². The van der Waals surface area contributed by atoms with Crippen LogP contribution in [0.4, 0.5) is 0 Å². The Morgan fingerprint density at radius 2 is 2.42 bits per heavy atom. The zero-order valence-electron chi connectivity index (χ0n) is 10.9. The molecule has 1 aliphatic heterocycles. The number of carbonyl (C=O) groups excluding carboxylic acids is 1. The lowest BCUT2D eigenvalue weighted by molar-refractivity contribution is 0.0906. The molecule has 0 aromatic heterocycles. The van der Waals surface area contributed by atoms with Gasteiger partial charge in [-0.3, -0.25) is 4.79 Å². The third-order valence-corrected chi connectivity index (χ3v) is 3.89. The van der Waals surface area contributed by atoms with Gasteiger partial charge >= 0.3 is 0 Å². The van der Waals surface area contributed by atoms with Crippen molar-refractivity contribution in [2.45, 2.75) is 25.4 Å². The van der Waals surface area contributed by atoms with Crippen molar-refractivity contribution in [1.29, 1.82) is 0 Å². The normalized spacial score (nSPS) is 18.3. The lowest BCUT2D eigenvalue weighted by Gasteiger charge is -2.11. The Labute approximate surface area is 121 Å². The molecule has 2 rings (SSSR count). The highest BCUT2D eigenvalue weighted by molar-refractivity contribution is 9.10. The van der Waals surface area contributed by atoms with Crippen LogP contribution in [0.15, 0.2) is 22.7 Å². The zero-order valence-corrected chi connectivity index (χ0v) is 12.5. The number of hydrogen-bond acceptors (Lipinski definition) is 3. The number of ether oxygens (including phenoxy) is 2. The number of benzene rings is 1. The average molecular weight is 328 g/mol. The van der Waals surface area contributed by atoms with Gasteiger partial charge in [0.1, 0.15) is 5.75 Å². The van der Waals surface area contributed by atoms with E-state index in [2.05, 4.69) is 21.2 Å². The van der Waals surface area contributed by atoms with Gasteiger partial charge in [0.05, 0.1) is 18.8 Å². The quantitative estimate of drug-likeness (QED) is 0.904. The molecule has 0 bridgehead atoms. The van der Waals surface area contributed by atoms with E-state index in [1.807, 2.05) is 12.1 Å². The molecular formula is C14H18BrNO3. The second kappa shape index (κ2) is 6.91. The van der Waals surface area contributed by atoms with Crippen LogP contribution in [-0.4, -0.2) is 32.3 Å². The maximum Gasteiger partial charge on any atom is 0.252 e. The van der Waals surface area contributed by atoms with Crippen molar-refractivity contribution < 1.29 is 14.3 Å². The molecule has 0 saturated carbocycles. The molecule has 1 aromatic rings. The number of halogens is 1. The van der Waals surface area contributed by atoms with Crippen LogP contribution in [0.2, 0.25) is 0 Å². The summed E-state index contributed by atoms with van der Waals surface area (Å²) >= 11 is 3.38. The number of carbonyl (C=O) groups is 1. The molecule has 1 atom stereocenters. The van der Waals surface area contributed by atoms with Crippen LogP contribution in [0, 0.1) is 0 Å². The monoisotopic (exact) mass is 327 g/mol. The Kier molecular flexibility index (Phi) is 5.22. The Bertz CT molecular complexity index is 444. The fourth-order valence-electron chi connectivity index (χ4n) is 2.12. The summed E-state index contributed by atoms with van der Waals surface area (Å²) in [5.41, 5.74) is 0.590. The minimum atomic E-state index is -0.0937. The van der Waals surface area contributed by atoms with Crippen LogP contribution in [0.3, 0.4) is 0 Å². The number of hydrogen-bond donors (Lipinski definition) is 1. The minimum absolute atomic E-state index is 0.0937. The van der Waals surface area contributed by atoms with E-state index in [0.29, 0.717) is 24.0 Å². The fraction of sp³-hybridized carbons (Fsp3) is 0.500. The van der Waals surface area contributed by atoms with Crippen LogP contribution >= 0.6 is 15.9 Å². The number of methoxy groups -OCH3 is 1. The van der Waals surface area contributed by atoms with Crippen molar-refractivity contribution in [3.05, 3.63) is 28.2 Å². The van der Waals surface area contributed by atoms with E-state index in [4.69, 9.17) is 9.47 Å². The Hall–Kier alpha value is -1.07. The predicted octanol–water partition coefficient (Wildman–Crippen LogP) is 2.76. The molecule has 1 unspecified atom stereocenters. The summed E-state index contributed by atoms with van der Waals surface area (Å²) < 4.78 is 11.4. The zero-order chi connectivity index (χ0) is 13.7. The van der Waals surface area contributed by atoms with Crippen LogP contribution in [0.1, 0.15) is 29.6 Å². The van der Waals surface area contributed by atoms with Gasteiger partial charge in [0.25, 0.3) is 5.91 Å². The molecule has 4 nitrogen and oxygen atoms in total. The number of nitrogens with one attached hydrogen (secondary N) is 1. The van der Waals surface area contributed by atoms with Gasteiger partial charge in [-0.15, -0.1) is 0 Å². The number of rotatable bonds is 5. The third-order valence-electron chi connectivity index (χ3n) is 3.19. The van der Waals surface area contributed by atoms with Gasteiger partial charge in [-0.1, -0.05) is 0 Å². The van der Waals surface area contributed by atoms with Crippen molar-refractivity contribution in [3.63, 3.8) is 0 Å². The first-order valence-corrected chi connectivity index (χ1v) is 7.23. The SMILES string of the molecule is COc1ccc(Br)c(C(=O)NCCC2CCCO2)c1. The molecule has 19 heavy (non-hydrogen) atoms. The fourth-order valence-corrected chi connectivity index (χ4v) is 2.55. The minimum Gasteiger partial charge on any atom is -0.497 e. The average Bonchev–Trinajstić information content (AvgIpc) is 2.92. The first kappa shape index (κ1) is 14.3. The Morgan fingerprint density at radius 3 is 3.11 bits per heavy atom. The number of amides is 1. The standard InChI is InChI=1S/C14H18BrNO3/c1-18-11-4-5-13(15)12(9-11)14(17)16-7-6-10-3-2-8-19-10/h4-5,9-10H,2-3,6-8H2,1H3,(H,16,17). The molecule has 1 aliphatic rings. The molecule has 1 N–H and O–H groups in total. The third kappa shape index (κ3) is 3.94. The van der Waals surface area contributed by atoms with Gasteiger partial charge in [-0.05, 0) is 53.4 Å². The van der Waals surface area contributed by atoms with Crippen molar-refractivity contribution in [2.75, 3.05) is 20.3 Å². The summed E-state index contributed by atoms with van der Waals surface area (Å²) in [4.78, 5) is 12.1. The second-order valence-electron chi connectivity index (χ2n) is 4.53. The van der Waals surface area contributed by atoms with E-state index in [-0.39, 0.29) is 5.91 Å². The summed E-state index contributed by atoms with van der Waals surface area (Å²) in [6, 6.07) is 5.35. The van der Waals surface area contributed by atoms with Crippen LogP contribution in [0.5, 0.6) is 5.75 Å². The molecule has 1 saturated heterocycles. The smallest absolute Gasteiger partial charge is 0.252 e. The summed E-state index contributed by atoms with van der Waals surface area (Å²) in [5, 5.41) is 2.91. The van der Waals surface area contributed by atoms with Gasteiger partial charge < -0.3 is 14.8 Å². The summed E-state index contributed by atoms with van der Waals surface area (Å²) in [6.07, 6.45) is 3.39. The molecule has 1 fully saturated rings. The topological polar surface area (TPSA) is 47.6 Å². The largest absolute Gasteiger partial charge is 0.497 e. The highest BCUT2D eigenvalue weighted by Crippen LogP contribution is 2.22. The molecule has 104 valence electrons. The lowest BCUT2D eigenvalue weighted by Crippen LogP contribution is -2.27. The van der Waals surface area contributed by atoms with Crippen LogP contribution in [0.25, 0.3) is 0 Å². The molecular weight excluding hydrogens is 310 g/mol. The highest BCUT2D eigenvalue weighted by atomic mass is 79.9. The first-order valence-electron chi connectivity index (χ1n) is 6.44. The van der Waals surface area contributed by atoms with Gasteiger partial charge in [-0.2, -0.15) is 0 Å². The van der Waals surface area contributed by atoms with E-state index in [1.165, 1.54) is 0 Å². The molecule has 5 heteroatoms. The van der Waals surface area contributed by atoms with Gasteiger partial charge in [0.15, 0.2) is 0 Å². The molecule has 0 spiro atoms. The van der Waals surface area contributed by atoms with Gasteiger partial charge in [0, 0.05) is 17.6 Å². The summed E-state index contributed by atoms with van der Waals surface area (Å²) in [6.45, 7) is 1.48. The molecule has 1 heterocycles. The lowest BCUT2D eigenvalue weighted by atomic mass is 10.1. The second-order valence-corrected chi connectivity index (χ2v) is 5.38. The summed E-state index contributed by atoms with van der Waals surface area (Å²) in [5.74, 6) is 0.580. The van der Waals surface area contributed by atoms with Crippen molar-refractivity contribution in [2.24, 2.45) is 0 Å². The molecule has 1 aromatic carbocycles. The molecule has 0 radical (unpaired) electrons. The first-order chi connectivity index (χ1) is 9.20. The van der Waals surface area contributed by atoms with E-state index in [9.17, 15) is 4.79 Å². The van der Waals surface area contributed by atoms with Crippen molar-refractivity contribution >= 4 is 21.8 Å². The van der Waals surface area contributed by atoms with Crippen molar-refractivity contribution in [3.8, 4) is 5.75 Å². The highest BCUT2D eigenvalue weighted by Gasteiger charge is 2.16. The van der Waals surface area contributed by atoms with E-state index in [0.717, 1.165) is 30.3 Å². The van der Waals surface area contributed by atoms with Gasteiger partial charge in [-0.25, -0.2) is 0 Å². The van der Waals surface area contributed by atoms with Gasteiger partial charge in [0.2, 0.25) is 0 Å². The van der Waals surface area contributed by atoms with E-state index in [1.54, 1.807) is 13.2 Å². The Balaban J connectivity index is 1.88.